The summed E-state index contributed by atoms with van der Waals surface area (Å²) in [4.78, 5) is 11.9. The first-order valence-corrected chi connectivity index (χ1v) is 8.95. The van der Waals surface area contributed by atoms with E-state index in [0.717, 1.165) is 23.2 Å². The minimum atomic E-state index is -0.741. The maximum Gasteiger partial charge on any atom is 0.315 e. The smallest absolute Gasteiger partial charge is 0.315 e. The monoisotopic (exact) mass is 377 g/mol. The fourth-order valence-corrected chi connectivity index (χ4v) is 2.59. The number of anilines is 1. The van der Waals surface area contributed by atoms with Gasteiger partial charge >= 0.3 is 6.03 Å². The first-order chi connectivity index (χ1) is 13.0. The molecule has 0 spiro atoms. The van der Waals surface area contributed by atoms with E-state index in [4.69, 9.17) is 10.1 Å². The highest BCUT2D eigenvalue weighted by molar-refractivity contribution is 5.85. The van der Waals surface area contributed by atoms with E-state index in [1.807, 2.05) is 32.0 Å². The first kappa shape index (κ1) is 20.6. The number of amidine groups is 1. The molecular weight excluding hydrogens is 350 g/mol. The van der Waals surface area contributed by atoms with Crippen molar-refractivity contribution in [3.05, 3.63) is 29.3 Å². The molecule has 0 fully saturated rings. The van der Waals surface area contributed by atoms with E-state index in [9.17, 15) is 9.90 Å². The second kappa shape index (κ2) is 10.4. The van der Waals surface area contributed by atoms with Crippen LogP contribution >= 0.6 is 0 Å². The van der Waals surface area contributed by atoms with Crippen molar-refractivity contribution in [3.63, 3.8) is 0 Å². The normalized spacial score (nSPS) is 18.9. The molecule has 148 valence electrons. The molecular formula is C17H27N7O3. The first-order valence-electron chi connectivity index (χ1n) is 8.95. The van der Waals surface area contributed by atoms with E-state index in [-0.39, 0.29) is 25.1 Å². The summed E-state index contributed by atoms with van der Waals surface area (Å²) < 4.78 is 5.72. The SMILES string of the molecule is CCN/N=N\C(=N)CNC(=O)NCc1ccc2c(c1)C(CC)OC[C@@H](O)N2. The number of aliphatic hydroxyl groups excluding tert-OH is 1. The molecule has 27 heavy (non-hydrogen) atoms. The Morgan fingerprint density at radius 1 is 1.41 bits per heavy atom. The number of amides is 2. The van der Waals surface area contributed by atoms with E-state index < -0.39 is 12.3 Å². The molecule has 10 heteroatoms. The molecule has 1 heterocycles. The molecule has 1 aromatic carbocycles. The Labute approximate surface area is 158 Å². The molecule has 2 amide bonds. The van der Waals surface area contributed by atoms with Gasteiger partial charge in [0.25, 0.3) is 0 Å². The summed E-state index contributed by atoms with van der Waals surface area (Å²) in [7, 11) is 0. The van der Waals surface area contributed by atoms with E-state index in [0.29, 0.717) is 13.1 Å². The molecule has 0 saturated heterocycles. The molecule has 0 radical (unpaired) electrons. The second-order valence-electron chi connectivity index (χ2n) is 6.01. The van der Waals surface area contributed by atoms with Gasteiger partial charge in [-0.25, -0.2) is 4.79 Å². The van der Waals surface area contributed by atoms with Crippen LogP contribution in [0.1, 0.15) is 37.5 Å². The molecule has 0 aliphatic carbocycles. The van der Waals surface area contributed by atoms with Gasteiger partial charge in [-0.1, -0.05) is 18.2 Å². The van der Waals surface area contributed by atoms with Crippen LogP contribution < -0.4 is 21.4 Å². The minimum absolute atomic E-state index is 0.0154. The Balaban J connectivity index is 1.88. The van der Waals surface area contributed by atoms with Gasteiger partial charge in [0.1, 0.15) is 6.23 Å². The summed E-state index contributed by atoms with van der Waals surface area (Å²) >= 11 is 0. The molecule has 1 aliphatic rings. The van der Waals surface area contributed by atoms with Crippen molar-refractivity contribution >= 4 is 17.6 Å². The van der Waals surface area contributed by atoms with Crippen LogP contribution in [0.2, 0.25) is 0 Å². The van der Waals surface area contributed by atoms with Crippen molar-refractivity contribution in [1.29, 1.82) is 5.41 Å². The number of nitrogens with zero attached hydrogens (tertiary/aromatic N) is 2. The molecule has 1 aromatic rings. The zero-order chi connectivity index (χ0) is 19.6. The molecule has 1 aliphatic heterocycles. The number of nitrogens with one attached hydrogen (secondary N) is 5. The summed E-state index contributed by atoms with van der Waals surface area (Å²) in [6.45, 7) is 5.03. The van der Waals surface area contributed by atoms with Crippen LogP contribution in [-0.4, -0.2) is 42.9 Å². The number of benzene rings is 1. The number of hydrogen-bond acceptors (Lipinski definition) is 6. The van der Waals surface area contributed by atoms with Crippen molar-refractivity contribution in [1.82, 2.24) is 16.1 Å². The number of urea groups is 1. The second-order valence-corrected chi connectivity index (χ2v) is 6.01. The lowest BCUT2D eigenvalue weighted by Crippen LogP contribution is -2.37. The summed E-state index contributed by atoms with van der Waals surface area (Å²) in [5, 5.41) is 32.9. The molecule has 1 unspecified atom stereocenters. The average Bonchev–Trinajstić information content (AvgIpc) is 2.82. The van der Waals surface area contributed by atoms with Crippen molar-refractivity contribution in [2.75, 3.05) is 25.0 Å². The molecule has 10 nitrogen and oxygen atoms in total. The van der Waals surface area contributed by atoms with E-state index in [1.165, 1.54) is 0 Å². The number of carbonyl (C=O) groups is 1. The van der Waals surface area contributed by atoms with Crippen LogP contribution in [-0.2, 0) is 11.3 Å². The predicted molar refractivity (Wildman–Crippen MR) is 102 cm³/mol. The molecule has 0 aromatic heterocycles. The maximum absolute atomic E-state index is 11.9. The zero-order valence-corrected chi connectivity index (χ0v) is 15.6. The highest BCUT2D eigenvalue weighted by Gasteiger charge is 2.21. The van der Waals surface area contributed by atoms with Gasteiger partial charge in [-0.15, -0.1) is 5.11 Å². The van der Waals surface area contributed by atoms with Gasteiger partial charge in [0, 0.05) is 24.3 Å². The van der Waals surface area contributed by atoms with Crippen molar-refractivity contribution < 1.29 is 14.6 Å². The van der Waals surface area contributed by atoms with Crippen molar-refractivity contribution in [2.24, 2.45) is 10.3 Å². The summed E-state index contributed by atoms with van der Waals surface area (Å²) in [5.41, 5.74) is 5.31. The molecule has 2 atom stereocenters. The van der Waals surface area contributed by atoms with Gasteiger partial charge < -0.3 is 25.8 Å². The van der Waals surface area contributed by atoms with Crippen LogP contribution in [0.15, 0.2) is 28.5 Å². The number of aliphatic hydroxyl groups is 1. The van der Waals surface area contributed by atoms with Crippen molar-refractivity contribution in [3.8, 4) is 0 Å². The summed E-state index contributed by atoms with van der Waals surface area (Å²) in [6.07, 6.45) is -0.0708. The third-order valence-electron chi connectivity index (χ3n) is 3.88. The lowest BCUT2D eigenvalue weighted by Gasteiger charge is -2.17. The number of carbonyl (C=O) groups excluding carboxylic acids is 1. The Kier molecular flexibility index (Phi) is 7.96. The van der Waals surface area contributed by atoms with Gasteiger partial charge in [0.05, 0.1) is 19.3 Å². The molecule has 2 rings (SSSR count). The van der Waals surface area contributed by atoms with Gasteiger partial charge in [-0.2, -0.15) is 0 Å². The van der Waals surface area contributed by atoms with E-state index in [1.54, 1.807) is 0 Å². The van der Waals surface area contributed by atoms with Crippen LogP contribution in [0.4, 0.5) is 10.5 Å². The predicted octanol–water partition coefficient (Wildman–Crippen LogP) is 1.65. The quantitative estimate of drug-likeness (QED) is 0.185. The van der Waals surface area contributed by atoms with Gasteiger partial charge in [-0.3, -0.25) is 10.8 Å². The van der Waals surface area contributed by atoms with Crippen LogP contribution in [0, 0.1) is 5.41 Å². The zero-order valence-electron chi connectivity index (χ0n) is 15.6. The van der Waals surface area contributed by atoms with Crippen molar-refractivity contribution in [2.45, 2.75) is 39.1 Å². The maximum atomic E-state index is 11.9. The minimum Gasteiger partial charge on any atom is -0.371 e. The van der Waals surface area contributed by atoms with Gasteiger partial charge in [0.15, 0.2) is 5.84 Å². The Hall–Kier alpha value is -2.72. The van der Waals surface area contributed by atoms with Gasteiger partial charge in [0.2, 0.25) is 0 Å². The topological polar surface area (TPSA) is 143 Å². The lowest BCUT2D eigenvalue weighted by atomic mass is 10.0. The average molecular weight is 377 g/mol. The van der Waals surface area contributed by atoms with E-state index >= 15 is 0 Å². The summed E-state index contributed by atoms with van der Waals surface area (Å²) in [5.74, 6) is -0.0521. The number of ether oxygens (including phenoxy) is 1. The fraction of sp³-hybridized carbons (Fsp3) is 0.529. The fourth-order valence-electron chi connectivity index (χ4n) is 2.59. The van der Waals surface area contributed by atoms with E-state index in [2.05, 4.69) is 31.7 Å². The number of fused-ring (bicyclic) bond motifs is 1. The highest BCUT2D eigenvalue weighted by Crippen LogP contribution is 2.32. The summed E-state index contributed by atoms with van der Waals surface area (Å²) in [6, 6.07) is 5.32. The third-order valence-corrected chi connectivity index (χ3v) is 3.88. The van der Waals surface area contributed by atoms with Crippen LogP contribution in [0.3, 0.4) is 0 Å². The Bertz CT molecular complexity index is 680. The number of rotatable bonds is 7. The molecule has 0 bridgehead atoms. The van der Waals surface area contributed by atoms with Crippen LogP contribution in [0.5, 0.6) is 0 Å². The largest absolute Gasteiger partial charge is 0.371 e. The Morgan fingerprint density at radius 3 is 2.96 bits per heavy atom. The number of hydrogen-bond donors (Lipinski definition) is 6. The standard InChI is InChI=1S/C17H27N7O3/c1-3-14-12-7-11(5-6-13(12)22-16(25)10-27-14)8-19-17(26)20-9-15(18)23-24-21-4-2/h5-7,14,16,22,25H,3-4,8-10H2,1-2H3,(H2,18,21,23)(H2,19,20,26)/t14?,16-/m1/s1. The van der Waals surface area contributed by atoms with Crippen LogP contribution in [0.25, 0.3) is 0 Å². The Morgan fingerprint density at radius 2 is 2.22 bits per heavy atom. The van der Waals surface area contributed by atoms with Gasteiger partial charge in [-0.05, 0) is 31.0 Å². The molecule has 6 N–H and O–H groups in total. The molecule has 0 saturated carbocycles. The highest BCUT2D eigenvalue weighted by atomic mass is 16.5. The third kappa shape index (κ3) is 6.50. The lowest BCUT2D eigenvalue weighted by molar-refractivity contribution is 0.00358.